The van der Waals surface area contributed by atoms with Crippen LogP contribution < -0.4 is 5.73 Å². The zero-order valence-electron chi connectivity index (χ0n) is 13.7. The topological polar surface area (TPSA) is 38.5 Å². The van der Waals surface area contributed by atoms with Crippen LogP contribution in [0.2, 0.25) is 0 Å². The van der Waals surface area contributed by atoms with Crippen LogP contribution in [0.4, 0.5) is 0 Å². The third-order valence-corrected chi connectivity index (χ3v) is 6.64. The largest absolute Gasteiger partial charge is 0.377 e. The van der Waals surface area contributed by atoms with Gasteiger partial charge in [-0.3, -0.25) is 4.90 Å². The molecule has 0 aromatic rings. The van der Waals surface area contributed by atoms with E-state index in [-0.39, 0.29) is 11.0 Å². The number of hydrogen-bond acceptors (Lipinski definition) is 3. The molecule has 5 atom stereocenters. The standard InChI is InChI=1S/C17H32N2O/c1-12-7-8-19(13(2)10-12)11-17(18)14-6-5-9-20-15(14)16(17,3)4/h12-15H,5-11,18H2,1-4H3. The zero-order chi connectivity index (χ0) is 14.5. The van der Waals surface area contributed by atoms with Crippen molar-refractivity contribution in [2.75, 3.05) is 19.7 Å². The molecule has 0 spiro atoms. The van der Waals surface area contributed by atoms with Crippen molar-refractivity contribution >= 4 is 0 Å². The molecule has 0 amide bonds. The van der Waals surface area contributed by atoms with Gasteiger partial charge in [-0.2, -0.15) is 0 Å². The van der Waals surface area contributed by atoms with Crippen LogP contribution in [0.15, 0.2) is 0 Å². The summed E-state index contributed by atoms with van der Waals surface area (Å²) in [5, 5.41) is 0. The minimum Gasteiger partial charge on any atom is -0.377 e. The van der Waals surface area contributed by atoms with E-state index in [1.165, 1.54) is 32.2 Å². The van der Waals surface area contributed by atoms with Gasteiger partial charge in [0.15, 0.2) is 0 Å². The van der Waals surface area contributed by atoms with Gasteiger partial charge in [0.2, 0.25) is 0 Å². The fourth-order valence-corrected chi connectivity index (χ4v) is 5.01. The SMILES string of the molecule is CC1CCN(CC2(N)C3CCCOC3C2(C)C)C(C)C1. The van der Waals surface area contributed by atoms with E-state index in [9.17, 15) is 0 Å². The summed E-state index contributed by atoms with van der Waals surface area (Å²) in [6, 6.07) is 0.679. The van der Waals surface area contributed by atoms with E-state index in [0.717, 1.165) is 19.1 Å². The molecule has 2 saturated heterocycles. The van der Waals surface area contributed by atoms with Crippen molar-refractivity contribution in [3.63, 3.8) is 0 Å². The van der Waals surface area contributed by atoms with Crippen molar-refractivity contribution in [2.45, 2.75) is 71.1 Å². The first-order valence-corrected chi connectivity index (χ1v) is 8.51. The lowest BCUT2D eigenvalue weighted by molar-refractivity contribution is -0.234. The second kappa shape index (κ2) is 4.96. The zero-order valence-corrected chi connectivity index (χ0v) is 13.7. The summed E-state index contributed by atoms with van der Waals surface area (Å²) in [5.74, 6) is 1.44. The maximum Gasteiger partial charge on any atom is 0.0690 e. The molecule has 5 unspecified atom stereocenters. The Morgan fingerprint density at radius 1 is 1.25 bits per heavy atom. The molecule has 3 aliphatic rings. The summed E-state index contributed by atoms with van der Waals surface area (Å²) in [6.45, 7) is 12.6. The molecule has 3 nitrogen and oxygen atoms in total. The van der Waals surface area contributed by atoms with Crippen LogP contribution in [-0.4, -0.2) is 42.3 Å². The number of rotatable bonds is 2. The van der Waals surface area contributed by atoms with E-state index in [1.54, 1.807) is 0 Å². The average molecular weight is 280 g/mol. The Morgan fingerprint density at radius 3 is 2.70 bits per heavy atom. The van der Waals surface area contributed by atoms with Gasteiger partial charge in [-0.25, -0.2) is 0 Å². The molecular formula is C17H32N2O. The smallest absolute Gasteiger partial charge is 0.0690 e. The minimum absolute atomic E-state index is 0.0626. The second-order valence-corrected chi connectivity index (χ2v) is 8.25. The van der Waals surface area contributed by atoms with Gasteiger partial charge in [0.05, 0.1) is 6.10 Å². The highest BCUT2D eigenvalue weighted by Crippen LogP contribution is 2.57. The number of piperidine rings is 1. The third-order valence-electron chi connectivity index (χ3n) is 6.64. The van der Waals surface area contributed by atoms with E-state index >= 15 is 0 Å². The molecule has 0 bridgehead atoms. The van der Waals surface area contributed by atoms with Crippen LogP contribution in [0.5, 0.6) is 0 Å². The van der Waals surface area contributed by atoms with Crippen LogP contribution in [0.25, 0.3) is 0 Å². The number of ether oxygens (including phenoxy) is 1. The Kier molecular flexibility index (Phi) is 3.67. The lowest BCUT2D eigenvalue weighted by Crippen LogP contribution is -2.80. The maximum atomic E-state index is 6.94. The molecule has 2 N–H and O–H groups in total. The normalized spacial score (nSPS) is 48.5. The van der Waals surface area contributed by atoms with Gasteiger partial charge >= 0.3 is 0 Å². The quantitative estimate of drug-likeness (QED) is 0.845. The van der Waals surface area contributed by atoms with E-state index in [0.29, 0.717) is 18.1 Å². The molecule has 0 aromatic heterocycles. The van der Waals surface area contributed by atoms with Crippen LogP contribution in [-0.2, 0) is 4.74 Å². The predicted molar refractivity (Wildman–Crippen MR) is 82.6 cm³/mol. The van der Waals surface area contributed by atoms with Crippen molar-refractivity contribution in [2.24, 2.45) is 23.0 Å². The van der Waals surface area contributed by atoms with Crippen LogP contribution in [0.3, 0.4) is 0 Å². The first kappa shape index (κ1) is 14.8. The summed E-state index contributed by atoms with van der Waals surface area (Å²) in [6.07, 6.45) is 5.47. The van der Waals surface area contributed by atoms with Gasteiger partial charge < -0.3 is 10.5 Å². The van der Waals surface area contributed by atoms with E-state index in [4.69, 9.17) is 10.5 Å². The first-order chi connectivity index (χ1) is 9.36. The maximum absolute atomic E-state index is 6.94. The molecule has 116 valence electrons. The highest BCUT2D eigenvalue weighted by atomic mass is 16.5. The molecule has 0 radical (unpaired) electrons. The second-order valence-electron chi connectivity index (χ2n) is 8.25. The van der Waals surface area contributed by atoms with E-state index < -0.39 is 0 Å². The van der Waals surface area contributed by atoms with Crippen LogP contribution in [0, 0.1) is 17.3 Å². The molecule has 20 heavy (non-hydrogen) atoms. The van der Waals surface area contributed by atoms with Crippen molar-refractivity contribution < 1.29 is 4.74 Å². The number of nitrogens with two attached hydrogens (primary N) is 1. The molecule has 3 rings (SSSR count). The fourth-order valence-electron chi connectivity index (χ4n) is 5.01. The van der Waals surface area contributed by atoms with Gasteiger partial charge in [-0.15, -0.1) is 0 Å². The molecule has 1 saturated carbocycles. The Morgan fingerprint density at radius 2 is 2.00 bits per heavy atom. The monoisotopic (exact) mass is 280 g/mol. The van der Waals surface area contributed by atoms with Crippen molar-refractivity contribution in [1.82, 2.24) is 4.90 Å². The lowest BCUT2D eigenvalue weighted by Gasteiger charge is -2.68. The molecule has 3 heteroatoms. The van der Waals surface area contributed by atoms with Gasteiger partial charge in [0.25, 0.3) is 0 Å². The summed E-state index contributed by atoms with van der Waals surface area (Å²) < 4.78 is 6.02. The van der Waals surface area contributed by atoms with Crippen LogP contribution >= 0.6 is 0 Å². The Labute approximate surface area is 124 Å². The van der Waals surface area contributed by atoms with Crippen molar-refractivity contribution in [1.29, 1.82) is 0 Å². The molecule has 0 aromatic carbocycles. The summed E-state index contributed by atoms with van der Waals surface area (Å²) in [4.78, 5) is 2.65. The summed E-state index contributed by atoms with van der Waals surface area (Å²) >= 11 is 0. The van der Waals surface area contributed by atoms with Gasteiger partial charge in [0, 0.05) is 36.1 Å². The Bertz CT molecular complexity index is 370. The van der Waals surface area contributed by atoms with E-state index in [2.05, 4.69) is 32.6 Å². The average Bonchev–Trinajstić information content (AvgIpc) is 2.42. The minimum atomic E-state index is -0.0626. The summed E-state index contributed by atoms with van der Waals surface area (Å²) in [5.41, 5.74) is 6.99. The van der Waals surface area contributed by atoms with Crippen LogP contribution in [0.1, 0.15) is 53.4 Å². The first-order valence-electron chi connectivity index (χ1n) is 8.51. The number of hydrogen-bond donors (Lipinski definition) is 1. The van der Waals surface area contributed by atoms with Gasteiger partial charge in [-0.05, 0) is 45.1 Å². The van der Waals surface area contributed by atoms with E-state index in [1.807, 2.05) is 0 Å². The van der Waals surface area contributed by atoms with Crippen molar-refractivity contribution in [3.05, 3.63) is 0 Å². The van der Waals surface area contributed by atoms with Gasteiger partial charge in [-0.1, -0.05) is 20.8 Å². The number of fused-ring (bicyclic) bond motifs is 1. The van der Waals surface area contributed by atoms with Crippen molar-refractivity contribution in [3.8, 4) is 0 Å². The Hall–Kier alpha value is -0.120. The number of nitrogens with zero attached hydrogens (tertiary/aromatic N) is 1. The Balaban J connectivity index is 1.72. The molecule has 2 heterocycles. The lowest BCUT2D eigenvalue weighted by atomic mass is 9.46. The molecule has 3 fully saturated rings. The molecular weight excluding hydrogens is 248 g/mol. The molecule has 2 aliphatic heterocycles. The molecule has 1 aliphatic carbocycles. The highest BCUT2D eigenvalue weighted by molar-refractivity contribution is 5.21. The highest BCUT2D eigenvalue weighted by Gasteiger charge is 2.66. The fraction of sp³-hybridized carbons (Fsp3) is 1.00. The summed E-state index contributed by atoms with van der Waals surface area (Å²) in [7, 11) is 0. The number of likely N-dealkylation sites (tertiary alicyclic amines) is 1. The predicted octanol–water partition coefficient (Wildman–Crippen LogP) is 2.64. The third kappa shape index (κ3) is 2.05. The van der Waals surface area contributed by atoms with Gasteiger partial charge in [0.1, 0.15) is 0 Å².